The molecule has 2 unspecified atom stereocenters. The van der Waals surface area contributed by atoms with Gasteiger partial charge in [-0.3, -0.25) is 0 Å². The fraction of sp³-hybridized carbons (Fsp3) is 1.00. The van der Waals surface area contributed by atoms with E-state index in [1.165, 1.54) is 12.8 Å². The van der Waals surface area contributed by atoms with Crippen molar-refractivity contribution in [2.24, 2.45) is 11.3 Å². The van der Waals surface area contributed by atoms with Crippen LogP contribution in [0.4, 0.5) is 0 Å². The lowest BCUT2D eigenvalue weighted by molar-refractivity contribution is 0.0316. The molecule has 1 heteroatoms. The molecule has 0 aromatic rings. The molecule has 0 aromatic heterocycles. The molecule has 1 saturated carbocycles. The second kappa shape index (κ2) is 2.54. The summed E-state index contributed by atoms with van der Waals surface area (Å²) in [7, 11) is 0. The highest BCUT2D eigenvalue weighted by molar-refractivity contribution is 4.90. The minimum Gasteiger partial charge on any atom is -0.393 e. The molecule has 0 saturated heterocycles. The summed E-state index contributed by atoms with van der Waals surface area (Å²) in [4.78, 5) is 0. The first-order chi connectivity index (χ1) is 4.57. The lowest BCUT2D eigenvalue weighted by Crippen LogP contribution is -2.31. The Morgan fingerprint density at radius 3 is 2.30 bits per heavy atom. The van der Waals surface area contributed by atoms with Gasteiger partial charge in [0, 0.05) is 0 Å². The van der Waals surface area contributed by atoms with Crippen LogP contribution in [0.2, 0.25) is 0 Å². The van der Waals surface area contributed by atoms with Crippen molar-refractivity contribution in [1.82, 2.24) is 0 Å². The Morgan fingerprint density at radius 1 is 1.50 bits per heavy atom. The van der Waals surface area contributed by atoms with Crippen molar-refractivity contribution < 1.29 is 5.11 Å². The van der Waals surface area contributed by atoms with Crippen molar-refractivity contribution in [2.45, 2.75) is 46.1 Å². The standard InChI is InChI=1S/C9H18O/c1-7(2)9(3)6-4-5-8(9)10/h7-8,10H,4-6H2,1-3H3. The summed E-state index contributed by atoms with van der Waals surface area (Å²) in [5, 5.41) is 9.62. The minimum atomic E-state index is -0.0486. The average molecular weight is 142 g/mol. The van der Waals surface area contributed by atoms with E-state index in [2.05, 4.69) is 20.8 Å². The van der Waals surface area contributed by atoms with Crippen LogP contribution in [0.3, 0.4) is 0 Å². The smallest absolute Gasteiger partial charge is 0.0596 e. The zero-order chi connectivity index (χ0) is 7.78. The van der Waals surface area contributed by atoms with Crippen molar-refractivity contribution in [3.8, 4) is 0 Å². The van der Waals surface area contributed by atoms with E-state index < -0.39 is 0 Å². The van der Waals surface area contributed by atoms with Crippen LogP contribution < -0.4 is 0 Å². The van der Waals surface area contributed by atoms with Crippen LogP contribution in [0.15, 0.2) is 0 Å². The lowest BCUT2D eigenvalue weighted by atomic mass is 9.76. The number of aliphatic hydroxyl groups is 1. The quantitative estimate of drug-likeness (QED) is 0.595. The SMILES string of the molecule is CC(C)C1(C)CCCC1O. The van der Waals surface area contributed by atoms with Gasteiger partial charge in [-0.25, -0.2) is 0 Å². The summed E-state index contributed by atoms with van der Waals surface area (Å²) in [5.41, 5.74) is 0.208. The van der Waals surface area contributed by atoms with Gasteiger partial charge in [0.05, 0.1) is 6.10 Å². The third-order valence-electron chi connectivity index (χ3n) is 3.27. The molecule has 1 rings (SSSR count). The zero-order valence-electron chi connectivity index (χ0n) is 7.22. The Hall–Kier alpha value is -0.0400. The molecule has 1 aliphatic rings. The maximum atomic E-state index is 9.62. The molecule has 60 valence electrons. The van der Waals surface area contributed by atoms with Crippen LogP contribution >= 0.6 is 0 Å². The predicted octanol–water partition coefficient (Wildman–Crippen LogP) is 2.19. The third kappa shape index (κ3) is 1.07. The third-order valence-corrected chi connectivity index (χ3v) is 3.27. The number of aliphatic hydroxyl groups excluding tert-OH is 1. The Morgan fingerprint density at radius 2 is 2.10 bits per heavy atom. The van der Waals surface area contributed by atoms with E-state index in [1.54, 1.807) is 0 Å². The Balaban J connectivity index is 2.66. The van der Waals surface area contributed by atoms with E-state index in [-0.39, 0.29) is 11.5 Å². The van der Waals surface area contributed by atoms with Gasteiger partial charge in [0.25, 0.3) is 0 Å². The summed E-state index contributed by atoms with van der Waals surface area (Å²) in [6, 6.07) is 0. The van der Waals surface area contributed by atoms with Gasteiger partial charge in [-0.1, -0.05) is 27.2 Å². The molecule has 0 radical (unpaired) electrons. The highest BCUT2D eigenvalue weighted by atomic mass is 16.3. The first-order valence-corrected chi connectivity index (χ1v) is 4.25. The number of hydrogen-bond acceptors (Lipinski definition) is 1. The molecule has 0 spiro atoms. The fourth-order valence-electron chi connectivity index (χ4n) is 1.85. The van der Waals surface area contributed by atoms with E-state index in [1.807, 2.05) is 0 Å². The summed E-state index contributed by atoms with van der Waals surface area (Å²) in [5.74, 6) is 0.616. The summed E-state index contributed by atoms with van der Waals surface area (Å²) < 4.78 is 0. The monoisotopic (exact) mass is 142 g/mol. The van der Waals surface area contributed by atoms with E-state index in [0.717, 1.165) is 6.42 Å². The van der Waals surface area contributed by atoms with Crippen molar-refractivity contribution in [2.75, 3.05) is 0 Å². The molecule has 10 heavy (non-hydrogen) atoms. The van der Waals surface area contributed by atoms with E-state index >= 15 is 0 Å². The topological polar surface area (TPSA) is 20.2 Å². The molecule has 0 amide bonds. The van der Waals surface area contributed by atoms with E-state index in [4.69, 9.17) is 0 Å². The highest BCUT2D eigenvalue weighted by Crippen LogP contribution is 2.43. The molecular weight excluding hydrogens is 124 g/mol. The summed E-state index contributed by atoms with van der Waals surface area (Å²) in [6.07, 6.45) is 3.36. The average Bonchev–Trinajstić information content (AvgIpc) is 2.15. The van der Waals surface area contributed by atoms with Gasteiger partial charge in [0.15, 0.2) is 0 Å². The van der Waals surface area contributed by atoms with Crippen molar-refractivity contribution >= 4 is 0 Å². The van der Waals surface area contributed by atoms with Gasteiger partial charge < -0.3 is 5.11 Å². The first kappa shape index (κ1) is 8.06. The zero-order valence-corrected chi connectivity index (χ0v) is 7.22. The molecule has 1 N–H and O–H groups in total. The Kier molecular flexibility index (Phi) is 2.04. The summed E-state index contributed by atoms with van der Waals surface area (Å²) >= 11 is 0. The van der Waals surface area contributed by atoms with Crippen LogP contribution in [-0.2, 0) is 0 Å². The van der Waals surface area contributed by atoms with Gasteiger partial charge in [-0.05, 0) is 24.2 Å². The van der Waals surface area contributed by atoms with Crippen LogP contribution in [0.1, 0.15) is 40.0 Å². The minimum absolute atomic E-state index is 0.0486. The normalized spacial score (nSPS) is 41.1. The van der Waals surface area contributed by atoms with E-state index in [9.17, 15) is 5.11 Å². The molecule has 2 atom stereocenters. The Labute approximate surface area is 63.4 Å². The molecule has 0 aromatic carbocycles. The van der Waals surface area contributed by atoms with Crippen molar-refractivity contribution in [3.05, 3.63) is 0 Å². The molecular formula is C9H18O. The van der Waals surface area contributed by atoms with Crippen LogP contribution in [0, 0.1) is 11.3 Å². The fourth-order valence-corrected chi connectivity index (χ4v) is 1.85. The maximum Gasteiger partial charge on any atom is 0.0596 e. The summed E-state index contributed by atoms with van der Waals surface area (Å²) in [6.45, 7) is 6.61. The second-order valence-corrected chi connectivity index (χ2v) is 4.07. The predicted molar refractivity (Wildman–Crippen MR) is 42.8 cm³/mol. The molecule has 1 aliphatic carbocycles. The molecule has 1 fully saturated rings. The molecule has 0 aliphatic heterocycles. The van der Waals surface area contributed by atoms with Crippen LogP contribution in [0.5, 0.6) is 0 Å². The van der Waals surface area contributed by atoms with Crippen molar-refractivity contribution in [3.63, 3.8) is 0 Å². The van der Waals surface area contributed by atoms with Gasteiger partial charge in [-0.15, -0.1) is 0 Å². The van der Waals surface area contributed by atoms with Gasteiger partial charge in [0.2, 0.25) is 0 Å². The maximum absolute atomic E-state index is 9.62. The van der Waals surface area contributed by atoms with Crippen molar-refractivity contribution in [1.29, 1.82) is 0 Å². The molecule has 0 heterocycles. The van der Waals surface area contributed by atoms with Crippen LogP contribution in [-0.4, -0.2) is 11.2 Å². The van der Waals surface area contributed by atoms with Gasteiger partial charge in [0.1, 0.15) is 0 Å². The first-order valence-electron chi connectivity index (χ1n) is 4.25. The largest absolute Gasteiger partial charge is 0.393 e. The number of rotatable bonds is 1. The molecule has 1 nitrogen and oxygen atoms in total. The Bertz CT molecular complexity index is 120. The lowest BCUT2D eigenvalue weighted by Gasteiger charge is -2.32. The molecule has 0 bridgehead atoms. The second-order valence-electron chi connectivity index (χ2n) is 4.07. The highest BCUT2D eigenvalue weighted by Gasteiger charge is 2.39. The number of hydrogen-bond donors (Lipinski definition) is 1. The van der Waals surface area contributed by atoms with Gasteiger partial charge in [-0.2, -0.15) is 0 Å². The van der Waals surface area contributed by atoms with Crippen LogP contribution in [0.25, 0.3) is 0 Å². The van der Waals surface area contributed by atoms with E-state index in [0.29, 0.717) is 5.92 Å². The van der Waals surface area contributed by atoms with Gasteiger partial charge >= 0.3 is 0 Å².